The van der Waals surface area contributed by atoms with Gasteiger partial charge in [0.2, 0.25) is 5.82 Å². The normalized spacial score (nSPS) is 10.0. The lowest BCUT2D eigenvalue weighted by Gasteiger charge is -2.10. The third-order valence-electron chi connectivity index (χ3n) is 2.86. The average molecular weight is 289 g/mol. The van der Waals surface area contributed by atoms with Gasteiger partial charge in [0.1, 0.15) is 11.6 Å². The van der Waals surface area contributed by atoms with Crippen LogP contribution in [0.15, 0.2) is 36.4 Å². The zero-order valence-electron chi connectivity index (χ0n) is 11.4. The maximum atomic E-state index is 11.0. The molecule has 0 aliphatic heterocycles. The molecule has 0 amide bonds. The first-order valence-electron chi connectivity index (χ1n) is 6.13. The number of methoxy groups -OCH3 is 1. The molecule has 2 rings (SSSR count). The van der Waals surface area contributed by atoms with Gasteiger partial charge in [-0.05, 0) is 12.1 Å². The molecular formula is C13H15N5O3. The second-order valence-corrected chi connectivity index (χ2v) is 4.13. The summed E-state index contributed by atoms with van der Waals surface area (Å²) in [5.41, 5.74) is 3.10. The largest absolute Gasteiger partial charge is 0.496 e. The van der Waals surface area contributed by atoms with E-state index in [4.69, 9.17) is 10.6 Å². The van der Waals surface area contributed by atoms with Gasteiger partial charge in [-0.25, -0.2) is 10.8 Å². The zero-order valence-corrected chi connectivity index (χ0v) is 11.4. The molecule has 0 bridgehead atoms. The molecular weight excluding hydrogens is 274 g/mol. The molecule has 8 nitrogen and oxygen atoms in total. The van der Waals surface area contributed by atoms with Crippen molar-refractivity contribution in [2.45, 2.75) is 6.54 Å². The Bertz CT molecular complexity index is 647. The maximum absolute atomic E-state index is 11.0. The third kappa shape index (κ3) is 3.37. The first-order chi connectivity index (χ1) is 10.2. The molecule has 2 aromatic rings. The monoisotopic (exact) mass is 289 g/mol. The molecule has 21 heavy (non-hydrogen) atoms. The average Bonchev–Trinajstić information content (AvgIpc) is 2.52. The van der Waals surface area contributed by atoms with Gasteiger partial charge in [0, 0.05) is 18.2 Å². The van der Waals surface area contributed by atoms with E-state index < -0.39 is 4.92 Å². The summed E-state index contributed by atoms with van der Waals surface area (Å²) >= 11 is 0. The van der Waals surface area contributed by atoms with E-state index in [-0.39, 0.29) is 11.5 Å². The van der Waals surface area contributed by atoms with Gasteiger partial charge in [-0.1, -0.05) is 18.2 Å². The minimum Gasteiger partial charge on any atom is -0.496 e. The molecule has 0 saturated heterocycles. The highest BCUT2D eigenvalue weighted by Crippen LogP contribution is 2.25. The van der Waals surface area contributed by atoms with Gasteiger partial charge in [0.05, 0.1) is 12.0 Å². The molecule has 0 spiro atoms. The van der Waals surface area contributed by atoms with Crippen molar-refractivity contribution in [1.82, 2.24) is 4.98 Å². The number of aromatic nitrogens is 1. The fourth-order valence-corrected chi connectivity index (χ4v) is 1.84. The summed E-state index contributed by atoms with van der Waals surface area (Å²) in [4.78, 5) is 14.6. The van der Waals surface area contributed by atoms with Crippen LogP contribution in [-0.2, 0) is 6.54 Å². The van der Waals surface area contributed by atoms with Crippen molar-refractivity contribution in [3.63, 3.8) is 0 Å². The number of nitro groups is 1. The smallest absolute Gasteiger partial charge is 0.311 e. The number of para-hydroxylation sites is 1. The van der Waals surface area contributed by atoms with Crippen LogP contribution in [0.1, 0.15) is 5.56 Å². The van der Waals surface area contributed by atoms with Gasteiger partial charge >= 0.3 is 5.69 Å². The first-order valence-corrected chi connectivity index (χ1v) is 6.13. The van der Waals surface area contributed by atoms with E-state index in [9.17, 15) is 10.1 Å². The number of anilines is 2. The lowest BCUT2D eigenvalue weighted by atomic mass is 10.2. The summed E-state index contributed by atoms with van der Waals surface area (Å²) in [6.45, 7) is 0.339. The van der Waals surface area contributed by atoms with E-state index in [1.807, 2.05) is 24.3 Å². The number of nitrogens with zero attached hydrogens (tertiary/aromatic N) is 2. The van der Waals surface area contributed by atoms with Crippen LogP contribution in [0, 0.1) is 10.1 Å². The first kappa shape index (κ1) is 14.5. The second-order valence-electron chi connectivity index (χ2n) is 4.13. The van der Waals surface area contributed by atoms with Crippen molar-refractivity contribution >= 4 is 17.3 Å². The van der Waals surface area contributed by atoms with Crippen molar-refractivity contribution < 1.29 is 9.66 Å². The third-order valence-corrected chi connectivity index (χ3v) is 2.86. The van der Waals surface area contributed by atoms with Gasteiger partial charge in [0.25, 0.3) is 0 Å². The van der Waals surface area contributed by atoms with Crippen LogP contribution in [0.2, 0.25) is 0 Å². The van der Waals surface area contributed by atoms with E-state index in [2.05, 4.69) is 15.7 Å². The molecule has 0 saturated carbocycles. The molecule has 110 valence electrons. The Morgan fingerprint density at radius 3 is 2.76 bits per heavy atom. The van der Waals surface area contributed by atoms with E-state index in [1.54, 1.807) is 7.11 Å². The van der Waals surface area contributed by atoms with E-state index in [0.717, 1.165) is 5.56 Å². The highest BCUT2D eigenvalue weighted by molar-refractivity contribution is 5.60. The molecule has 0 fully saturated rings. The van der Waals surface area contributed by atoms with Crippen LogP contribution < -0.4 is 21.3 Å². The van der Waals surface area contributed by atoms with Crippen molar-refractivity contribution in [3.8, 4) is 5.75 Å². The summed E-state index contributed by atoms with van der Waals surface area (Å²) < 4.78 is 5.23. The van der Waals surface area contributed by atoms with Crippen LogP contribution >= 0.6 is 0 Å². The number of nitrogens with one attached hydrogen (secondary N) is 2. The van der Waals surface area contributed by atoms with Crippen molar-refractivity contribution in [3.05, 3.63) is 52.1 Å². The number of nitrogens with two attached hydrogens (primary N) is 1. The molecule has 1 aromatic carbocycles. The van der Waals surface area contributed by atoms with Gasteiger partial charge < -0.3 is 15.5 Å². The molecule has 1 heterocycles. The molecule has 1 aromatic heterocycles. The van der Waals surface area contributed by atoms with Crippen LogP contribution in [0.4, 0.5) is 17.3 Å². The maximum Gasteiger partial charge on any atom is 0.311 e. The zero-order chi connectivity index (χ0) is 15.2. The molecule has 0 aliphatic carbocycles. The minimum absolute atomic E-state index is 0.121. The van der Waals surface area contributed by atoms with Crippen molar-refractivity contribution in [2.24, 2.45) is 5.84 Å². The number of ether oxygens (including phenoxy) is 1. The van der Waals surface area contributed by atoms with Gasteiger partial charge in [-0.15, -0.1) is 0 Å². The van der Waals surface area contributed by atoms with Crippen LogP contribution in [-0.4, -0.2) is 17.0 Å². The lowest BCUT2D eigenvalue weighted by Crippen LogP contribution is -2.11. The topological polar surface area (TPSA) is 115 Å². The summed E-state index contributed by atoms with van der Waals surface area (Å²) in [6, 6.07) is 10.2. The Kier molecular flexibility index (Phi) is 4.52. The highest BCUT2D eigenvalue weighted by Gasteiger charge is 2.16. The molecule has 4 N–H and O–H groups in total. The van der Waals surface area contributed by atoms with Gasteiger partial charge in [0.15, 0.2) is 0 Å². The Balaban J connectivity index is 2.24. The van der Waals surface area contributed by atoms with E-state index in [0.29, 0.717) is 18.1 Å². The van der Waals surface area contributed by atoms with Crippen molar-refractivity contribution in [2.75, 3.05) is 17.9 Å². The SMILES string of the molecule is COc1ccccc1CNc1nc(NN)ccc1[N+](=O)[O-]. The van der Waals surface area contributed by atoms with E-state index in [1.165, 1.54) is 12.1 Å². The Hall–Kier alpha value is -2.87. The predicted molar refractivity (Wildman–Crippen MR) is 79.0 cm³/mol. The molecule has 8 heteroatoms. The summed E-state index contributed by atoms with van der Waals surface area (Å²) in [6.07, 6.45) is 0. The van der Waals surface area contributed by atoms with E-state index >= 15 is 0 Å². The Morgan fingerprint density at radius 2 is 2.10 bits per heavy atom. The van der Waals surface area contributed by atoms with Crippen LogP contribution in [0.3, 0.4) is 0 Å². The number of hydrazine groups is 1. The quantitative estimate of drug-likeness (QED) is 0.422. The summed E-state index contributed by atoms with van der Waals surface area (Å²) in [5.74, 6) is 6.44. The Labute approximate surface area is 121 Å². The number of hydrogen-bond donors (Lipinski definition) is 3. The number of benzene rings is 1. The standard InChI is InChI=1S/C13H15N5O3/c1-21-11-5-3-2-4-9(11)8-15-13-10(18(19)20)6-7-12(16-13)17-14/h2-7H,8,14H2,1H3,(H2,15,16,17). The molecule has 0 unspecified atom stereocenters. The number of pyridine rings is 1. The fraction of sp³-hybridized carbons (Fsp3) is 0.154. The number of nitrogen functional groups attached to an aromatic ring is 1. The van der Waals surface area contributed by atoms with Gasteiger partial charge in [-0.2, -0.15) is 0 Å². The lowest BCUT2D eigenvalue weighted by molar-refractivity contribution is -0.384. The summed E-state index contributed by atoms with van der Waals surface area (Å²) in [5, 5.41) is 13.9. The van der Waals surface area contributed by atoms with Crippen LogP contribution in [0.5, 0.6) is 5.75 Å². The van der Waals surface area contributed by atoms with Gasteiger partial charge in [-0.3, -0.25) is 10.1 Å². The second kappa shape index (κ2) is 6.53. The molecule has 0 aliphatic rings. The summed E-state index contributed by atoms with van der Waals surface area (Å²) in [7, 11) is 1.57. The number of rotatable bonds is 6. The minimum atomic E-state index is -0.502. The highest BCUT2D eigenvalue weighted by atomic mass is 16.6. The molecule has 0 atom stereocenters. The van der Waals surface area contributed by atoms with Crippen molar-refractivity contribution in [1.29, 1.82) is 0 Å². The Morgan fingerprint density at radius 1 is 1.33 bits per heavy atom. The predicted octanol–water partition coefficient (Wildman–Crippen LogP) is 1.90. The molecule has 0 radical (unpaired) electrons. The fourth-order valence-electron chi connectivity index (χ4n) is 1.84. The number of hydrogen-bond acceptors (Lipinski definition) is 7. The van der Waals surface area contributed by atoms with Crippen LogP contribution in [0.25, 0.3) is 0 Å².